The van der Waals surface area contributed by atoms with Crippen LogP contribution in [0.1, 0.15) is 31.5 Å². The smallest absolute Gasteiger partial charge is 0.326 e. The number of hydrogen-bond donors (Lipinski definition) is 2. The van der Waals surface area contributed by atoms with Crippen molar-refractivity contribution in [2.75, 3.05) is 0 Å². The lowest BCUT2D eigenvalue weighted by Gasteiger charge is -2.19. The van der Waals surface area contributed by atoms with Gasteiger partial charge in [0.1, 0.15) is 11.7 Å². The van der Waals surface area contributed by atoms with Gasteiger partial charge in [-0.1, -0.05) is 20.3 Å². The van der Waals surface area contributed by atoms with Crippen LogP contribution < -0.4 is 5.32 Å². The minimum Gasteiger partial charge on any atom is -0.480 e. The number of carboxylic acids is 1. The van der Waals surface area contributed by atoms with E-state index in [-0.39, 0.29) is 18.2 Å². The number of rotatable bonds is 6. The zero-order chi connectivity index (χ0) is 16.3. The second-order valence-corrected chi connectivity index (χ2v) is 5.65. The number of carbonyl (C=O) groups is 2. The first-order valence-electron chi connectivity index (χ1n) is 7.37. The summed E-state index contributed by atoms with van der Waals surface area (Å²) in [4.78, 5) is 27.7. The summed E-state index contributed by atoms with van der Waals surface area (Å²) in [5.74, 6) is -1.45. The van der Waals surface area contributed by atoms with Crippen molar-refractivity contribution >= 4 is 17.5 Å². The van der Waals surface area contributed by atoms with Gasteiger partial charge in [-0.15, -0.1) is 0 Å². The van der Waals surface area contributed by atoms with Gasteiger partial charge in [-0.2, -0.15) is 0 Å². The molecule has 2 rings (SSSR count). The molecule has 1 amide bonds. The minimum atomic E-state index is -1.01. The fourth-order valence-electron chi connectivity index (χ4n) is 2.29. The molecule has 2 atom stereocenters. The van der Waals surface area contributed by atoms with Crippen molar-refractivity contribution in [1.29, 1.82) is 0 Å². The summed E-state index contributed by atoms with van der Waals surface area (Å²) in [6.45, 7) is 5.69. The van der Waals surface area contributed by atoms with Crippen LogP contribution in [0.5, 0.6) is 0 Å². The maximum atomic E-state index is 12.1. The molecule has 0 aromatic carbocycles. The molecule has 0 saturated heterocycles. The van der Waals surface area contributed by atoms with E-state index in [1.54, 1.807) is 6.20 Å². The second-order valence-electron chi connectivity index (χ2n) is 5.65. The van der Waals surface area contributed by atoms with E-state index < -0.39 is 12.0 Å². The van der Waals surface area contributed by atoms with Crippen molar-refractivity contribution in [3.8, 4) is 0 Å². The van der Waals surface area contributed by atoms with Gasteiger partial charge in [-0.3, -0.25) is 4.79 Å². The summed E-state index contributed by atoms with van der Waals surface area (Å²) in [7, 11) is 0. The lowest BCUT2D eigenvalue weighted by Crippen LogP contribution is -2.45. The Hall–Kier alpha value is -2.37. The fourth-order valence-corrected chi connectivity index (χ4v) is 2.29. The maximum Gasteiger partial charge on any atom is 0.326 e. The summed E-state index contributed by atoms with van der Waals surface area (Å²) in [5, 5.41) is 11.8. The molecule has 2 aromatic heterocycles. The third-order valence-corrected chi connectivity index (χ3v) is 3.80. The number of pyridine rings is 1. The predicted molar refractivity (Wildman–Crippen MR) is 82.7 cm³/mol. The molecule has 2 heterocycles. The van der Waals surface area contributed by atoms with Crippen molar-refractivity contribution in [2.45, 2.75) is 39.7 Å². The van der Waals surface area contributed by atoms with Crippen molar-refractivity contribution < 1.29 is 14.7 Å². The largest absolute Gasteiger partial charge is 0.480 e. The number of imidazole rings is 1. The average Bonchev–Trinajstić information content (AvgIpc) is 2.84. The van der Waals surface area contributed by atoms with Gasteiger partial charge in [0.25, 0.3) is 0 Å². The van der Waals surface area contributed by atoms with Crippen molar-refractivity contribution in [3.05, 3.63) is 35.8 Å². The number of aryl methyl sites for hydroxylation is 1. The van der Waals surface area contributed by atoms with Crippen LogP contribution in [0.2, 0.25) is 0 Å². The van der Waals surface area contributed by atoms with Gasteiger partial charge in [0.05, 0.1) is 12.1 Å². The molecule has 6 nitrogen and oxygen atoms in total. The average molecular weight is 303 g/mol. The molecule has 0 aliphatic heterocycles. The molecular weight excluding hydrogens is 282 g/mol. The topological polar surface area (TPSA) is 83.7 Å². The highest BCUT2D eigenvalue weighted by Crippen LogP contribution is 2.10. The SMILES string of the molecule is CCC(C)C(NC(=O)Cc1cn2ccc(C)cc2n1)C(=O)O. The Morgan fingerprint density at radius 3 is 2.82 bits per heavy atom. The number of hydrogen-bond acceptors (Lipinski definition) is 3. The molecular formula is C16H21N3O3. The van der Waals surface area contributed by atoms with E-state index in [2.05, 4.69) is 10.3 Å². The van der Waals surface area contributed by atoms with Gasteiger partial charge in [0.2, 0.25) is 5.91 Å². The zero-order valence-corrected chi connectivity index (χ0v) is 13.0. The van der Waals surface area contributed by atoms with E-state index in [1.807, 2.05) is 43.5 Å². The first-order valence-corrected chi connectivity index (χ1v) is 7.37. The molecule has 2 unspecified atom stereocenters. The molecule has 0 spiro atoms. The lowest BCUT2D eigenvalue weighted by atomic mass is 9.99. The summed E-state index contributed by atoms with van der Waals surface area (Å²) >= 11 is 0. The Balaban J connectivity index is 2.08. The van der Waals surface area contributed by atoms with Crippen LogP contribution in [-0.2, 0) is 16.0 Å². The number of nitrogens with one attached hydrogen (secondary N) is 1. The molecule has 118 valence electrons. The minimum absolute atomic E-state index is 0.0704. The van der Waals surface area contributed by atoms with Crippen molar-refractivity contribution in [1.82, 2.24) is 14.7 Å². The molecule has 2 aromatic rings. The normalized spacial score (nSPS) is 13.8. The molecule has 0 bridgehead atoms. The highest BCUT2D eigenvalue weighted by Gasteiger charge is 2.25. The molecule has 2 N–H and O–H groups in total. The van der Waals surface area contributed by atoms with Crippen LogP contribution in [0.3, 0.4) is 0 Å². The van der Waals surface area contributed by atoms with Crippen LogP contribution >= 0.6 is 0 Å². The molecule has 0 radical (unpaired) electrons. The van der Waals surface area contributed by atoms with Gasteiger partial charge in [-0.05, 0) is 30.5 Å². The van der Waals surface area contributed by atoms with E-state index in [0.29, 0.717) is 12.1 Å². The van der Waals surface area contributed by atoms with Crippen LogP contribution in [0.25, 0.3) is 5.65 Å². The Kier molecular flexibility index (Phi) is 4.80. The molecule has 0 fully saturated rings. The predicted octanol–water partition coefficient (Wildman–Crippen LogP) is 1.80. The first kappa shape index (κ1) is 16.0. The van der Waals surface area contributed by atoms with Gasteiger partial charge in [-0.25, -0.2) is 9.78 Å². The molecule has 22 heavy (non-hydrogen) atoms. The van der Waals surface area contributed by atoms with Crippen LogP contribution in [0.4, 0.5) is 0 Å². The number of aromatic nitrogens is 2. The summed E-state index contributed by atoms with van der Waals surface area (Å²) in [6, 6.07) is 3.03. The van der Waals surface area contributed by atoms with Crippen molar-refractivity contribution in [3.63, 3.8) is 0 Å². The van der Waals surface area contributed by atoms with Gasteiger partial charge in [0, 0.05) is 12.4 Å². The quantitative estimate of drug-likeness (QED) is 0.852. The summed E-state index contributed by atoms with van der Waals surface area (Å²) < 4.78 is 1.85. The molecule has 0 aliphatic rings. The Morgan fingerprint density at radius 2 is 2.18 bits per heavy atom. The number of nitrogens with zero attached hydrogens (tertiary/aromatic N) is 2. The molecule has 6 heteroatoms. The van der Waals surface area contributed by atoms with Crippen LogP contribution in [0, 0.1) is 12.8 Å². The number of carbonyl (C=O) groups excluding carboxylic acids is 1. The van der Waals surface area contributed by atoms with Gasteiger partial charge < -0.3 is 14.8 Å². The standard InChI is InChI=1S/C16H21N3O3/c1-4-11(3)15(16(21)22)18-14(20)8-12-9-19-6-5-10(2)7-13(19)17-12/h5-7,9,11,15H,4,8H2,1-3H3,(H,18,20)(H,21,22). The monoisotopic (exact) mass is 303 g/mol. The summed E-state index contributed by atoms with van der Waals surface area (Å²) in [5.41, 5.74) is 2.49. The highest BCUT2D eigenvalue weighted by molar-refractivity contribution is 5.84. The van der Waals surface area contributed by atoms with Gasteiger partial charge in [0.15, 0.2) is 0 Å². The third kappa shape index (κ3) is 3.63. The van der Waals surface area contributed by atoms with E-state index >= 15 is 0 Å². The van der Waals surface area contributed by atoms with E-state index in [1.165, 1.54) is 0 Å². The number of fused-ring (bicyclic) bond motifs is 1. The van der Waals surface area contributed by atoms with Crippen LogP contribution in [-0.4, -0.2) is 32.4 Å². The number of amides is 1. The lowest BCUT2D eigenvalue weighted by molar-refractivity contribution is -0.143. The third-order valence-electron chi connectivity index (χ3n) is 3.80. The number of carboxylic acid groups (broad SMARTS) is 1. The maximum absolute atomic E-state index is 12.1. The summed E-state index contributed by atoms with van der Waals surface area (Å²) in [6.07, 6.45) is 4.43. The molecule has 0 aliphatic carbocycles. The Labute approximate surface area is 129 Å². The Bertz CT molecular complexity index is 693. The Morgan fingerprint density at radius 1 is 1.45 bits per heavy atom. The zero-order valence-electron chi connectivity index (χ0n) is 13.0. The van der Waals surface area contributed by atoms with E-state index in [0.717, 1.165) is 11.2 Å². The van der Waals surface area contributed by atoms with E-state index in [9.17, 15) is 14.7 Å². The van der Waals surface area contributed by atoms with Crippen LogP contribution in [0.15, 0.2) is 24.5 Å². The van der Waals surface area contributed by atoms with Crippen molar-refractivity contribution in [2.24, 2.45) is 5.92 Å². The van der Waals surface area contributed by atoms with E-state index in [4.69, 9.17) is 0 Å². The first-order chi connectivity index (χ1) is 10.4. The number of aliphatic carboxylic acids is 1. The fraction of sp³-hybridized carbons (Fsp3) is 0.438. The molecule has 0 saturated carbocycles. The van der Waals surface area contributed by atoms with Gasteiger partial charge >= 0.3 is 5.97 Å². The highest BCUT2D eigenvalue weighted by atomic mass is 16.4. The second kappa shape index (κ2) is 6.60.